The molecule has 3 heteroatoms. The van der Waals surface area contributed by atoms with Crippen molar-refractivity contribution in [1.29, 1.82) is 0 Å². The van der Waals surface area contributed by atoms with E-state index in [0.29, 0.717) is 11.5 Å². The molecule has 2 aromatic rings. The predicted octanol–water partition coefficient (Wildman–Crippen LogP) is 5.45. The lowest BCUT2D eigenvalue weighted by Crippen LogP contribution is -2.30. The Morgan fingerprint density at radius 2 is 1.68 bits per heavy atom. The van der Waals surface area contributed by atoms with Crippen LogP contribution in [0.4, 0.5) is 0 Å². The maximum Gasteiger partial charge on any atom is 0.307 e. The van der Waals surface area contributed by atoms with Crippen molar-refractivity contribution in [2.24, 2.45) is 11.3 Å². The molecule has 0 atom stereocenters. The quantitative estimate of drug-likeness (QED) is 0.805. The maximum atomic E-state index is 10.8. The minimum absolute atomic E-state index is 0.0607. The van der Waals surface area contributed by atoms with Gasteiger partial charge >= 0.3 is 5.97 Å². The summed E-state index contributed by atoms with van der Waals surface area (Å²) in [7, 11) is 0. The third-order valence-corrected chi connectivity index (χ3v) is 5.43. The van der Waals surface area contributed by atoms with E-state index in [-0.39, 0.29) is 6.42 Å². The second-order valence-corrected chi connectivity index (χ2v) is 8.37. The van der Waals surface area contributed by atoms with Crippen LogP contribution >= 0.6 is 0 Å². The predicted molar refractivity (Wildman–Crippen MR) is 101 cm³/mol. The average molecular weight is 340 g/mol. The third-order valence-electron chi connectivity index (χ3n) is 5.43. The van der Waals surface area contributed by atoms with Crippen molar-refractivity contribution in [3.8, 4) is 5.75 Å². The highest BCUT2D eigenvalue weighted by atomic mass is 16.5. The van der Waals surface area contributed by atoms with Gasteiger partial charge < -0.3 is 9.84 Å². The first-order valence-electron chi connectivity index (χ1n) is 9.22. The van der Waals surface area contributed by atoms with Crippen molar-refractivity contribution in [2.45, 2.75) is 59.0 Å². The summed E-state index contributed by atoms with van der Waals surface area (Å²) in [5.74, 6) is 0.902. The standard InChI is InChI=1S/C22H28O3/c1-22(2,3)18-7-10-19(11-8-18)25-20-9-6-16-12-15(13-21(23)24)4-5-17(16)14-20/h4-6,9,12,14,18-19H,7-8,10-11,13H2,1-3H3,(H,23,24). The van der Waals surface area contributed by atoms with Gasteiger partial charge in [-0.25, -0.2) is 0 Å². The molecule has 0 amide bonds. The second-order valence-electron chi connectivity index (χ2n) is 8.37. The molecule has 25 heavy (non-hydrogen) atoms. The van der Waals surface area contributed by atoms with Gasteiger partial charge in [0, 0.05) is 0 Å². The number of hydrogen-bond acceptors (Lipinski definition) is 2. The van der Waals surface area contributed by atoms with Gasteiger partial charge in [0.15, 0.2) is 0 Å². The van der Waals surface area contributed by atoms with Crippen molar-refractivity contribution < 1.29 is 14.6 Å². The summed E-state index contributed by atoms with van der Waals surface area (Å²) in [6.07, 6.45) is 5.09. The van der Waals surface area contributed by atoms with Crippen LogP contribution in [0.5, 0.6) is 5.75 Å². The number of carboxylic acids is 1. The number of aliphatic carboxylic acids is 1. The average Bonchev–Trinajstić information content (AvgIpc) is 2.54. The van der Waals surface area contributed by atoms with Gasteiger partial charge in [0.05, 0.1) is 12.5 Å². The van der Waals surface area contributed by atoms with E-state index in [0.717, 1.165) is 40.8 Å². The Balaban J connectivity index is 1.66. The van der Waals surface area contributed by atoms with E-state index in [1.54, 1.807) is 0 Å². The van der Waals surface area contributed by atoms with E-state index in [9.17, 15) is 4.79 Å². The zero-order valence-electron chi connectivity index (χ0n) is 15.4. The van der Waals surface area contributed by atoms with E-state index < -0.39 is 5.97 Å². The monoisotopic (exact) mass is 340 g/mol. The molecule has 3 nitrogen and oxygen atoms in total. The normalized spacial score (nSPS) is 21.2. The SMILES string of the molecule is CC(C)(C)C1CCC(Oc2ccc3cc(CC(=O)O)ccc3c2)CC1. The fourth-order valence-corrected chi connectivity index (χ4v) is 3.87. The Morgan fingerprint density at radius 1 is 1.04 bits per heavy atom. The van der Waals surface area contributed by atoms with E-state index in [2.05, 4.69) is 26.8 Å². The number of rotatable bonds is 4. The maximum absolute atomic E-state index is 10.8. The highest BCUT2D eigenvalue weighted by Crippen LogP contribution is 2.39. The smallest absolute Gasteiger partial charge is 0.307 e. The first kappa shape index (κ1) is 17.8. The molecule has 2 aromatic carbocycles. The molecule has 0 radical (unpaired) electrons. The van der Waals surface area contributed by atoms with Crippen molar-refractivity contribution in [3.63, 3.8) is 0 Å². The van der Waals surface area contributed by atoms with Crippen molar-refractivity contribution in [3.05, 3.63) is 42.0 Å². The Labute approximate surface area is 150 Å². The van der Waals surface area contributed by atoms with E-state index >= 15 is 0 Å². The molecule has 1 saturated carbocycles. The molecule has 0 unspecified atom stereocenters. The number of fused-ring (bicyclic) bond motifs is 1. The van der Waals surface area contributed by atoms with Crippen LogP contribution in [0.2, 0.25) is 0 Å². The Morgan fingerprint density at radius 3 is 2.32 bits per heavy atom. The minimum Gasteiger partial charge on any atom is -0.490 e. The largest absolute Gasteiger partial charge is 0.490 e. The van der Waals surface area contributed by atoms with Gasteiger partial charge in [0.2, 0.25) is 0 Å². The molecular weight excluding hydrogens is 312 g/mol. The number of hydrogen-bond donors (Lipinski definition) is 1. The van der Waals surface area contributed by atoms with Crippen LogP contribution < -0.4 is 4.74 Å². The van der Waals surface area contributed by atoms with Crippen LogP contribution in [0, 0.1) is 11.3 Å². The molecule has 0 bridgehead atoms. The summed E-state index contributed by atoms with van der Waals surface area (Å²) < 4.78 is 6.23. The van der Waals surface area contributed by atoms with Crippen molar-refractivity contribution in [1.82, 2.24) is 0 Å². The zero-order valence-corrected chi connectivity index (χ0v) is 15.4. The summed E-state index contributed by atoms with van der Waals surface area (Å²) in [5, 5.41) is 11.1. The van der Waals surface area contributed by atoms with Crippen LogP contribution in [0.15, 0.2) is 36.4 Å². The molecule has 0 saturated heterocycles. The number of carbonyl (C=O) groups is 1. The van der Waals surface area contributed by atoms with E-state index in [1.165, 1.54) is 12.8 Å². The lowest BCUT2D eigenvalue weighted by Gasteiger charge is -2.37. The summed E-state index contributed by atoms with van der Waals surface area (Å²) in [4.78, 5) is 10.8. The molecule has 1 aliphatic rings. The summed E-state index contributed by atoms with van der Waals surface area (Å²) in [6.45, 7) is 7.00. The first-order chi connectivity index (χ1) is 11.8. The van der Waals surface area contributed by atoms with E-state index in [1.807, 2.05) is 30.3 Å². The van der Waals surface area contributed by atoms with Gasteiger partial charge in [0.25, 0.3) is 0 Å². The van der Waals surface area contributed by atoms with Gasteiger partial charge in [-0.1, -0.05) is 45.0 Å². The lowest BCUT2D eigenvalue weighted by atomic mass is 9.72. The highest BCUT2D eigenvalue weighted by Gasteiger charge is 2.30. The topological polar surface area (TPSA) is 46.5 Å². The fraction of sp³-hybridized carbons (Fsp3) is 0.500. The van der Waals surface area contributed by atoms with Crippen LogP contribution in [0.1, 0.15) is 52.0 Å². The number of carboxylic acid groups (broad SMARTS) is 1. The second kappa shape index (κ2) is 7.07. The van der Waals surface area contributed by atoms with Crippen LogP contribution in [-0.4, -0.2) is 17.2 Å². The molecule has 0 heterocycles. The third kappa shape index (κ3) is 4.53. The van der Waals surface area contributed by atoms with Crippen LogP contribution in [0.3, 0.4) is 0 Å². The van der Waals surface area contributed by atoms with Crippen LogP contribution in [0.25, 0.3) is 10.8 Å². The van der Waals surface area contributed by atoms with Crippen molar-refractivity contribution >= 4 is 16.7 Å². The Hall–Kier alpha value is -2.03. The lowest BCUT2D eigenvalue weighted by molar-refractivity contribution is -0.136. The van der Waals surface area contributed by atoms with Gasteiger partial charge in [-0.2, -0.15) is 0 Å². The van der Waals surface area contributed by atoms with Crippen molar-refractivity contribution in [2.75, 3.05) is 0 Å². The molecule has 1 N–H and O–H groups in total. The molecule has 3 rings (SSSR count). The summed E-state index contributed by atoms with van der Waals surface area (Å²) >= 11 is 0. The summed E-state index contributed by atoms with van der Waals surface area (Å²) in [5.41, 5.74) is 1.22. The Bertz CT molecular complexity index is 749. The van der Waals surface area contributed by atoms with Gasteiger partial charge in [-0.05, 0) is 65.5 Å². The molecule has 1 aliphatic carbocycles. The highest BCUT2D eigenvalue weighted by molar-refractivity contribution is 5.85. The summed E-state index contributed by atoms with van der Waals surface area (Å²) in [6, 6.07) is 11.9. The first-order valence-corrected chi connectivity index (χ1v) is 9.22. The number of benzene rings is 2. The molecule has 0 aromatic heterocycles. The van der Waals surface area contributed by atoms with Crippen LogP contribution in [-0.2, 0) is 11.2 Å². The van der Waals surface area contributed by atoms with Gasteiger partial charge in [-0.15, -0.1) is 0 Å². The minimum atomic E-state index is -0.801. The Kier molecular flexibility index (Phi) is 5.03. The molecule has 0 aliphatic heterocycles. The molecule has 0 spiro atoms. The van der Waals surface area contributed by atoms with Gasteiger partial charge in [-0.3, -0.25) is 4.79 Å². The zero-order chi connectivity index (χ0) is 18.0. The molecule has 1 fully saturated rings. The fourth-order valence-electron chi connectivity index (χ4n) is 3.87. The van der Waals surface area contributed by atoms with Gasteiger partial charge in [0.1, 0.15) is 5.75 Å². The number of ether oxygens (including phenoxy) is 1. The molecular formula is C22H28O3. The van der Waals surface area contributed by atoms with E-state index in [4.69, 9.17) is 9.84 Å². The molecule has 134 valence electrons.